The minimum atomic E-state index is -3.85. The first-order chi connectivity index (χ1) is 18.6. The van der Waals surface area contributed by atoms with Crippen LogP contribution in [0.3, 0.4) is 0 Å². The molecule has 0 bridgehead atoms. The molecular weight excluding hydrogens is 563 g/mol. The number of thiophene rings is 1. The summed E-state index contributed by atoms with van der Waals surface area (Å²) in [5, 5.41) is 3.86. The van der Waals surface area contributed by atoms with Crippen LogP contribution >= 0.6 is 22.9 Å². The molecule has 4 rings (SSSR count). The molecule has 8 nitrogen and oxygen atoms in total. The normalized spacial score (nSPS) is 15.4. The van der Waals surface area contributed by atoms with Gasteiger partial charge in [0, 0.05) is 56.9 Å². The number of nitrogens with zero attached hydrogens (tertiary/aromatic N) is 2. The quantitative estimate of drug-likeness (QED) is 0.350. The van der Waals surface area contributed by atoms with Crippen molar-refractivity contribution in [2.75, 3.05) is 45.8 Å². The molecule has 2 heterocycles. The number of hydrogen-bond acceptors (Lipinski definition) is 6. The molecule has 1 unspecified atom stereocenters. The molecule has 1 saturated heterocycles. The average molecular weight is 595 g/mol. The molecule has 1 atom stereocenters. The second kappa shape index (κ2) is 13.2. The highest BCUT2D eigenvalue weighted by Crippen LogP contribution is 2.25. The smallest absolute Gasteiger partial charge is 0.261 e. The molecular formula is C27H32ClFN4O4S2. The molecule has 2 N–H and O–H groups in total. The Kier molecular flexibility index (Phi) is 9.95. The van der Waals surface area contributed by atoms with Crippen LogP contribution in [0.1, 0.15) is 29.4 Å². The Bertz CT molecular complexity index is 1390. The van der Waals surface area contributed by atoms with Gasteiger partial charge in [0.25, 0.3) is 5.91 Å². The van der Waals surface area contributed by atoms with Crippen LogP contribution in [0.5, 0.6) is 0 Å². The number of halogens is 2. The number of benzene rings is 2. The molecule has 1 fully saturated rings. The van der Waals surface area contributed by atoms with E-state index in [1.165, 1.54) is 11.3 Å². The summed E-state index contributed by atoms with van der Waals surface area (Å²) < 4.78 is 41.7. The summed E-state index contributed by atoms with van der Waals surface area (Å²) in [6.07, 6.45) is 1.12. The molecule has 0 aliphatic carbocycles. The molecule has 0 radical (unpaired) electrons. The van der Waals surface area contributed by atoms with Crippen molar-refractivity contribution in [2.24, 2.45) is 5.92 Å². The molecule has 1 aromatic heterocycles. The number of carbonyl (C=O) groups excluding carboxylic acids is 2. The van der Waals surface area contributed by atoms with Crippen LogP contribution in [-0.4, -0.2) is 75.8 Å². The third kappa shape index (κ3) is 7.98. The van der Waals surface area contributed by atoms with E-state index >= 15 is 0 Å². The van der Waals surface area contributed by atoms with E-state index in [0.29, 0.717) is 57.0 Å². The SMILES string of the molecule is CC(CCNC(=O)c1cc2ccccc2s1)CC(=O)N1CCN(CCNS(=O)(=O)c2ccc(F)cc2Cl)CC1. The summed E-state index contributed by atoms with van der Waals surface area (Å²) in [5.41, 5.74) is 0. The minimum Gasteiger partial charge on any atom is -0.351 e. The maximum Gasteiger partial charge on any atom is 0.261 e. The molecule has 1 aliphatic heterocycles. The van der Waals surface area contributed by atoms with Gasteiger partial charge < -0.3 is 10.2 Å². The lowest BCUT2D eigenvalue weighted by atomic mass is 10.0. The Morgan fingerprint density at radius 1 is 1.08 bits per heavy atom. The second-order valence-corrected chi connectivity index (χ2v) is 12.9. The number of sulfonamides is 1. The van der Waals surface area contributed by atoms with Gasteiger partial charge in [-0.2, -0.15) is 0 Å². The highest BCUT2D eigenvalue weighted by atomic mass is 35.5. The van der Waals surface area contributed by atoms with Crippen LogP contribution < -0.4 is 10.0 Å². The number of rotatable bonds is 11. The third-order valence-corrected chi connectivity index (χ3v) is 9.78. The standard InChI is InChI=1S/C27H32ClFN4O4S2/c1-19(8-9-30-27(35)24-17-20-4-2-3-5-23(20)38-24)16-26(34)33-14-12-32(13-15-33)11-10-31-39(36,37)25-7-6-21(29)18-22(25)28/h2-7,17-19,31H,8-16H2,1H3,(H,30,35). The first kappa shape index (κ1) is 29.4. The number of carbonyl (C=O) groups is 2. The Morgan fingerprint density at radius 3 is 2.54 bits per heavy atom. The Balaban J connectivity index is 1.13. The lowest BCUT2D eigenvalue weighted by Crippen LogP contribution is -2.50. The van der Waals surface area contributed by atoms with E-state index in [-0.39, 0.29) is 34.2 Å². The molecule has 12 heteroatoms. The molecule has 1 aliphatic rings. The monoisotopic (exact) mass is 594 g/mol. The van der Waals surface area contributed by atoms with E-state index in [0.717, 1.165) is 28.3 Å². The fourth-order valence-corrected chi connectivity index (χ4v) is 7.00. The number of piperazine rings is 1. The van der Waals surface area contributed by atoms with Gasteiger partial charge in [-0.15, -0.1) is 11.3 Å². The van der Waals surface area contributed by atoms with Gasteiger partial charge in [-0.1, -0.05) is 36.7 Å². The Labute approximate surface area is 237 Å². The van der Waals surface area contributed by atoms with E-state index in [9.17, 15) is 22.4 Å². The van der Waals surface area contributed by atoms with Crippen molar-refractivity contribution in [1.29, 1.82) is 0 Å². The lowest BCUT2D eigenvalue weighted by molar-refractivity contribution is -0.133. The number of nitrogens with one attached hydrogen (secondary N) is 2. The van der Waals surface area contributed by atoms with Gasteiger partial charge in [-0.25, -0.2) is 17.5 Å². The molecule has 0 saturated carbocycles. The van der Waals surface area contributed by atoms with Crippen LogP contribution in [0.15, 0.2) is 53.4 Å². The van der Waals surface area contributed by atoms with Crippen molar-refractivity contribution >= 4 is 54.9 Å². The average Bonchev–Trinajstić information content (AvgIpc) is 3.33. The van der Waals surface area contributed by atoms with E-state index in [1.54, 1.807) is 0 Å². The first-order valence-corrected chi connectivity index (χ1v) is 15.5. The fraction of sp³-hybridized carbons (Fsp3) is 0.407. The fourth-order valence-electron chi connectivity index (χ4n) is 4.47. The number of hydrogen-bond donors (Lipinski definition) is 2. The van der Waals surface area contributed by atoms with E-state index in [2.05, 4.69) is 14.9 Å². The van der Waals surface area contributed by atoms with Crippen LogP contribution in [0.4, 0.5) is 4.39 Å². The molecule has 2 aromatic carbocycles. The Morgan fingerprint density at radius 2 is 1.82 bits per heavy atom. The summed E-state index contributed by atoms with van der Waals surface area (Å²) in [5.74, 6) is -0.472. The van der Waals surface area contributed by atoms with Crippen molar-refractivity contribution in [3.05, 3.63) is 64.2 Å². The molecule has 2 amide bonds. The predicted octanol–water partition coefficient (Wildman–Crippen LogP) is 3.96. The minimum absolute atomic E-state index is 0.0876. The van der Waals surface area contributed by atoms with Crippen molar-refractivity contribution < 1.29 is 22.4 Å². The summed E-state index contributed by atoms with van der Waals surface area (Å²) in [6.45, 7) is 5.61. The zero-order chi connectivity index (χ0) is 28.0. The van der Waals surface area contributed by atoms with Crippen LogP contribution in [0, 0.1) is 11.7 Å². The summed E-state index contributed by atoms with van der Waals surface area (Å²) >= 11 is 7.35. The maximum atomic E-state index is 13.2. The zero-order valence-electron chi connectivity index (χ0n) is 21.7. The van der Waals surface area contributed by atoms with Crippen molar-refractivity contribution in [2.45, 2.75) is 24.7 Å². The summed E-state index contributed by atoms with van der Waals surface area (Å²) in [4.78, 5) is 29.7. The van der Waals surface area contributed by atoms with E-state index < -0.39 is 15.8 Å². The third-order valence-electron chi connectivity index (χ3n) is 6.72. The summed E-state index contributed by atoms with van der Waals surface area (Å²) in [7, 11) is -3.85. The molecule has 3 aromatic rings. The largest absolute Gasteiger partial charge is 0.351 e. The van der Waals surface area contributed by atoms with Gasteiger partial charge in [0.1, 0.15) is 10.7 Å². The number of fused-ring (bicyclic) bond motifs is 1. The number of amides is 2. The summed E-state index contributed by atoms with van der Waals surface area (Å²) in [6, 6.07) is 13.0. The lowest BCUT2D eigenvalue weighted by Gasteiger charge is -2.35. The second-order valence-electron chi connectivity index (χ2n) is 9.70. The Hall–Kier alpha value is -2.57. The van der Waals surface area contributed by atoms with Crippen molar-refractivity contribution in [1.82, 2.24) is 19.8 Å². The van der Waals surface area contributed by atoms with E-state index in [4.69, 9.17) is 11.6 Å². The van der Waals surface area contributed by atoms with Gasteiger partial charge in [-0.05, 0) is 48.1 Å². The van der Waals surface area contributed by atoms with Crippen LogP contribution in [0.2, 0.25) is 5.02 Å². The van der Waals surface area contributed by atoms with Gasteiger partial charge in [0.2, 0.25) is 15.9 Å². The van der Waals surface area contributed by atoms with E-state index in [1.807, 2.05) is 42.2 Å². The molecule has 0 spiro atoms. The van der Waals surface area contributed by atoms with Crippen LogP contribution in [0.25, 0.3) is 10.1 Å². The zero-order valence-corrected chi connectivity index (χ0v) is 24.0. The van der Waals surface area contributed by atoms with Crippen molar-refractivity contribution in [3.63, 3.8) is 0 Å². The molecule has 39 heavy (non-hydrogen) atoms. The topological polar surface area (TPSA) is 98.8 Å². The van der Waals surface area contributed by atoms with Crippen LogP contribution in [-0.2, 0) is 14.8 Å². The van der Waals surface area contributed by atoms with Gasteiger partial charge in [-0.3, -0.25) is 14.5 Å². The van der Waals surface area contributed by atoms with Gasteiger partial charge >= 0.3 is 0 Å². The highest BCUT2D eigenvalue weighted by Gasteiger charge is 2.23. The first-order valence-electron chi connectivity index (χ1n) is 12.8. The van der Waals surface area contributed by atoms with Gasteiger partial charge in [0.05, 0.1) is 9.90 Å². The predicted molar refractivity (Wildman–Crippen MR) is 152 cm³/mol. The van der Waals surface area contributed by atoms with Crippen molar-refractivity contribution in [3.8, 4) is 0 Å². The van der Waals surface area contributed by atoms with Gasteiger partial charge in [0.15, 0.2) is 0 Å². The molecule has 210 valence electrons. The highest BCUT2D eigenvalue weighted by molar-refractivity contribution is 7.89. The maximum absolute atomic E-state index is 13.2.